The Morgan fingerprint density at radius 2 is 2.12 bits per heavy atom. The van der Waals surface area contributed by atoms with E-state index in [-0.39, 0.29) is 11.7 Å². The first-order valence-corrected chi connectivity index (χ1v) is 6.15. The summed E-state index contributed by atoms with van der Waals surface area (Å²) in [6.07, 6.45) is 6.54. The van der Waals surface area contributed by atoms with Crippen molar-refractivity contribution in [2.24, 2.45) is 5.92 Å². The van der Waals surface area contributed by atoms with E-state index in [9.17, 15) is 4.79 Å². The Labute approximate surface area is 97.3 Å². The average molecular weight is 223 g/mol. The zero-order valence-electron chi connectivity index (χ0n) is 10.5. The summed E-state index contributed by atoms with van der Waals surface area (Å²) in [5.74, 6) is 0.915. The fraction of sp³-hybridized carbons (Fsp3) is 0.692. The molecular formula is C13H21NO2. The molecule has 1 aromatic heterocycles. The van der Waals surface area contributed by atoms with Gasteiger partial charge in [-0.1, -0.05) is 33.1 Å². The zero-order valence-corrected chi connectivity index (χ0v) is 10.5. The maximum absolute atomic E-state index is 12.2. The summed E-state index contributed by atoms with van der Waals surface area (Å²) < 4.78 is 5.09. The molecule has 1 heterocycles. The second-order valence-electron chi connectivity index (χ2n) is 4.25. The van der Waals surface area contributed by atoms with E-state index in [1.54, 1.807) is 6.92 Å². The minimum absolute atomic E-state index is 0.119. The third-order valence-electron chi connectivity index (χ3n) is 2.89. The highest BCUT2D eigenvalue weighted by Crippen LogP contribution is 2.21. The van der Waals surface area contributed by atoms with Crippen LogP contribution in [-0.4, -0.2) is 10.8 Å². The van der Waals surface area contributed by atoms with Crippen molar-refractivity contribution in [3.05, 3.63) is 17.8 Å². The quantitative estimate of drug-likeness (QED) is 0.661. The molecule has 0 aromatic carbocycles. The van der Waals surface area contributed by atoms with Crippen LogP contribution in [0.1, 0.15) is 62.2 Å². The number of unbranched alkanes of at least 4 members (excludes halogenated alkanes) is 1. The summed E-state index contributed by atoms with van der Waals surface area (Å²) in [4.78, 5) is 16.2. The third kappa shape index (κ3) is 3.19. The van der Waals surface area contributed by atoms with Gasteiger partial charge in [0.1, 0.15) is 11.5 Å². The van der Waals surface area contributed by atoms with Crippen LogP contribution in [0.25, 0.3) is 0 Å². The first-order valence-electron chi connectivity index (χ1n) is 6.15. The molecule has 1 unspecified atom stereocenters. The molecule has 0 saturated carbocycles. The lowest BCUT2D eigenvalue weighted by atomic mass is 9.91. The number of rotatable bonds is 7. The van der Waals surface area contributed by atoms with Gasteiger partial charge in [0.2, 0.25) is 0 Å². The molecule has 0 spiro atoms. The number of hydrogen-bond donors (Lipinski definition) is 0. The minimum atomic E-state index is 0.119. The molecule has 1 rings (SSSR count). The first-order chi connectivity index (χ1) is 7.70. The SMILES string of the molecule is CCCCC(CCC)C(=O)c1ncoc1C. The summed E-state index contributed by atoms with van der Waals surface area (Å²) in [6, 6.07) is 0. The van der Waals surface area contributed by atoms with Gasteiger partial charge >= 0.3 is 0 Å². The van der Waals surface area contributed by atoms with Gasteiger partial charge in [0, 0.05) is 5.92 Å². The van der Waals surface area contributed by atoms with Crippen molar-refractivity contribution in [2.45, 2.75) is 52.9 Å². The van der Waals surface area contributed by atoms with E-state index in [4.69, 9.17) is 4.42 Å². The number of aromatic nitrogens is 1. The number of hydrogen-bond acceptors (Lipinski definition) is 3. The lowest BCUT2D eigenvalue weighted by molar-refractivity contribution is 0.0897. The highest BCUT2D eigenvalue weighted by Gasteiger charge is 2.22. The van der Waals surface area contributed by atoms with Gasteiger partial charge in [-0.05, 0) is 19.8 Å². The molecule has 16 heavy (non-hydrogen) atoms. The highest BCUT2D eigenvalue weighted by molar-refractivity contribution is 5.96. The van der Waals surface area contributed by atoms with Gasteiger partial charge in [0.25, 0.3) is 0 Å². The number of Topliss-reactive ketones (excluding diaryl/α,β-unsaturated/α-hetero) is 1. The maximum atomic E-state index is 12.2. The molecule has 1 atom stereocenters. The maximum Gasteiger partial charge on any atom is 0.187 e. The highest BCUT2D eigenvalue weighted by atomic mass is 16.3. The molecule has 3 heteroatoms. The summed E-state index contributed by atoms with van der Waals surface area (Å²) in [6.45, 7) is 6.06. The third-order valence-corrected chi connectivity index (χ3v) is 2.89. The molecule has 3 nitrogen and oxygen atoms in total. The molecule has 0 aliphatic heterocycles. The molecule has 0 aliphatic carbocycles. The topological polar surface area (TPSA) is 43.1 Å². The Hall–Kier alpha value is -1.12. The van der Waals surface area contributed by atoms with E-state index < -0.39 is 0 Å². The number of nitrogens with zero attached hydrogens (tertiary/aromatic N) is 1. The van der Waals surface area contributed by atoms with Crippen molar-refractivity contribution in [3.8, 4) is 0 Å². The zero-order chi connectivity index (χ0) is 12.0. The van der Waals surface area contributed by atoms with Crippen molar-refractivity contribution in [1.29, 1.82) is 0 Å². The van der Waals surface area contributed by atoms with E-state index >= 15 is 0 Å². The molecule has 0 saturated heterocycles. The van der Waals surface area contributed by atoms with Crippen molar-refractivity contribution < 1.29 is 9.21 Å². The van der Waals surface area contributed by atoms with Gasteiger partial charge in [0.05, 0.1) is 0 Å². The molecule has 0 bridgehead atoms. The molecule has 0 amide bonds. The number of carbonyl (C=O) groups excluding carboxylic acids is 1. The van der Waals surface area contributed by atoms with Crippen LogP contribution in [0.4, 0.5) is 0 Å². The Morgan fingerprint density at radius 1 is 1.38 bits per heavy atom. The second-order valence-corrected chi connectivity index (χ2v) is 4.25. The van der Waals surface area contributed by atoms with E-state index in [1.165, 1.54) is 6.39 Å². The monoisotopic (exact) mass is 223 g/mol. The summed E-state index contributed by atoms with van der Waals surface area (Å²) in [7, 11) is 0. The van der Waals surface area contributed by atoms with Crippen molar-refractivity contribution in [2.75, 3.05) is 0 Å². The lowest BCUT2D eigenvalue weighted by Gasteiger charge is -2.13. The van der Waals surface area contributed by atoms with Gasteiger partial charge in [-0.15, -0.1) is 0 Å². The van der Waals surface area contributed by atoms with E-state index in [0.717, 1.165) is 32.1 Å². The Morgan fingerprint density at radius 3 is 2.62 bits per heavy atom. The van der Waals surface area contributed by atoms with E-state index in [2.05, 4.69) is 18.8 Å². The van der Waals surface area contributed by atoms with Crippen molar-refractivity contribution in [3.63, 3.8) is 0 Å². The fourth-order valence-electron chi connectivity index (χ4n) is 1.94. The van der Waals surface area contributed by atoms with Crippen LogP contribution in [0.15, 0.2) is 10.8 Å². The number of oxazole rings is 1. The largest absolute Gasteiger partial charge is 0.448 e. The fourth-order valence-corrected chi connectivity index (χ4v) is 1.94. The average Bonchev–Trinajstić information content (AvgIpc) is 2.69. The van der Waals surface area contributed by atoms with E-state index in [1.807, 2.05) is 0 Å². The molecular weight excluding hydrogens is 202 g/mol. The van der Waals surface area contributed by atoms with Crippen LogP contribution in [0, 0.1) is 12.8 Å². The van der Waals surface area contributed by atoms with Gasteiger partial charge in [-0.2, -0.15) is 0 Å². The predicted molar refractivity (Wildman–Crippen MR) is 63.5 cm³/mol. The molecule has 90 valence electrons. The molecule has 0 aliphatic rings. The van der Waals surface area contributed by atoms with Gasteiger partial charge in [0.15, 0.2) is 12.2 Å². The number of ketones is 1. The summed E-state index contributed by atoms with van der Waals surface area (Å²) >= 11 is 0. The molecule has 1 aromatic rings. The molecule has 0 N–H and O–H groups in total. The lowest BCUT2D eigenvalue weighted by Crippen LogP contribution is -2.16. The van der Waals surface area contributed by atoms with E-state index in [0.29, 0.717) is 11.5 Å². The van der Waals surface area contributed by atoms with Crippen molar-refractivity contribution >= 4 is 5.78 Å². The normalized spacial score (nSPS) is 12.7. The van der Waals surface area contributed by atoms with Crippen LogP contribution in [0.2, 0.25) is 0 Å². The number of aryl methyl sites for hydroxylation is 1. The van der Waals surface area contributed by atoms with Gasteiger partial charge in [-0.25, -0.2) is 4.98 Å². The van der Waals surface area contributed by atoms with Crippen LogP contribution in [0.5, 0.6) is 0 Å². The standard InChI is InChI=1S/C13H21NO2/c1-4-6-8-11(7-5-2)13(15)12-10(3)16-9-14-12/h9,11H,4-8H2,1-3H3. The van der Waals surface area contributed by atoms with Crippen molar-refractivity contribution in [1.82, 2.24) is 4.98 Å². The Kier molecular flexibility index (Phi) is 5.23. The van der Waals surface area contributed by atoms with Crippen LogP contribution < -0.4 is 0 Å². The van der Waals surface area contributed by atoms with Crippen LogP contribution in [-0.2, 0) is 0 Å². The Balaban J connectivity index is 2.70. The van der Waals surface area contributed by atoms with Gasteiger partial charge in [-0.3, -0.25) is 4.79 Å². The summed E-state index contributed by atoms with van der Waals surface area (Å²) in [5.41, 5.74) is 0.523. The van der Waals surface area contributed by atoms with Crippen LogP contribution in [0.3, 0.4) is 0 Å². The smallest absolute Gasteiger partial charge is 0.187 e. The molecule has 0 fully saturated rings. The van der Waals surface area contributed by atoms with Crippen LogP contribution >= 0.6 is 0 Å². The number of carbonyl (C=O) groups is 1. The Bertz CT molecular complexity index is 330. The van der Waals surface area contributed by atoms with Gasteiger partial charge < -0.3 is 4.42 Å². The molecule has 0 radical (unpaired) electrons. The first kappa shape index (κ1) is 12.9. The minimum Gasteiger partial charge on any atom is -0.448 e. The summed E-state index contributed by atoms with van der Waals surface area (Å²) in [5, 5.41) is 0. The second kappa shape index (κ2) is 6.46. The predicted octanol–water partition coefficient (Wildman–Crippen LogP) is 3.77.